The summed E-state index contributed by atoms with van der Waals surface area (Å²) in [7, 11) is 0. The average Bonchev–Trinajstić information content (AvgIpc) is 2.96. The number of rotatable bonds is 2. The van der Waals surface area contributed by atoms with E-state index < -0.39 is 5.82 Å². The van der Waals surface area contributed by atoms with Crippen molar-refractivity contribution in [1.82, 2.24) is 5.01 Å². The Morgan fingerprint density at radius 1 is 1.19 bits per heavy atom. The van der Waals surface area contributed by atoms with Gasteiger partial charge in [0.1, 0.15) is 5.82 Å². The van der Waals surface area contributed by atoms with Crippen LogP contribution >= 0.6 is 0 Å². The van der Waals surface area contributed by atoms with Crippen LogP contribution < -0.4 is 5.73 Å². The number of anilines is 1. The maximum atomic E-state index is 13.2. The molecule has 0 saturated heterocycles. The zero-order valence-corrected chi connectivity index (χ0v) is 11.3. The van der Waals surface area contributed by atoms with Gasteiger partial charge in [-0.1, -0.05) is 18.2 Å². The van der Waals surface area contributed by atoms with E-state index in [-0.39, 0.29) is 5.91 Å². The van der Waals surface area contributed by atoms with Crippen LogP contribution in [0.15, 0.2) is 53.6 Å². The summed E-state index contributed by atoms with van der Waals surface area (Å²) in [4.78, 5) is 12.3. The molecule has 0 aromatic heterocycles. The molecule has 0 saturated carbocycles. The number of nitrogens with zero attached hydrogens (tertiary/aromatic N) is 2. The van der Waals surface area contributed by atoms with Gasteiger partial charge in [0, 0.05) is 17.7 Å². The van der Waals surface area contributed by atoms with Crippen LogP contribution in [0.5, 0.6) is 0 Å². The number of carbonyl (C=O) groups excluding carboxylic acids is 1. The topological polar surface area (TPSA) is 58.7 Å². The van der Waals surface area contributed by atoms with E-state index in [1.807, 2.05) is 18.2 Å². The second kappa shape index (κ2) is 5.36. The van der Waals surface area contributed by atoms with Crippen molar-refractivity contribution in [2.45, 2.75) is 6.42 Å². The van der Waals surface area contributed by atoms with Crippen molar-refractivity contribution in [1.29, 1.82) is 0 Å². The Hall–Kier alpha value is -2.69. The zero-order chi connectivity index (χ0) is 14.8. The first-order valence-corrected chi connectivity index (χ1v) is 6.64. The van der Waals surface area contributed by atoms with Gasteiger partial charge >= 0.3 is 0 Å². The lowest BCUT2D eigenvalue weighted by molar-refractivity contribution is 0.0778. The maximum absolute atomic E-state index is 13.2. The first-order chi connectivity index (χ1) is 10.1. The van der Waals surface area contributed by atoms with E-state index in [2.05, 4.69) is 5.10 Å². The minimum absolute atomic E-state index is 0.298. The number of hydrogen-bond acceptors (Lipinski definition) is 3. The van der Waals surface area contributed by atoms with E-state index in [4.69, 9.17) is 5.73 Å². The zero-order valence-electron chi connectivity index (χ0n) is 11.3. The molecule has 5 heteroatoms. The summed E-state index contributed by atoms with van der Waals surface area (Å²) < 4.78 is 13.2. The van der Waals surface area contributed by atoms with Crippen LogP contribution in [0.3, 0.4) is 0 Å². The molecule has 3 rings (SSSR count). The van der Waals surface area contributed by atoms with Crippen molar-refractivity contribution in [3.05, 3.63) is 65.5 Å². The molecule has 0 bridgehead atoms. The number of hydrazone groups is 1. The van der Waals surface area contributed by atoms with Crippen LogP contribution in [-0.4, -0.2) is 23.2 Å². The molecule has 0 spiro atoms. The van der Waals surface area contributed by atoms with Crippen molar-refractivity contribution in [3.63, 3.8) is 0 Å². The van der Waals surface area contributed by atoms with E-state index in [1.165, 1.54) is 23.2 Å². The molecular weight excluding hydrogens is 269 g/mol. The molecule has 2 aromatic carbocycles. The van der Waals surface area contributed by atoms with Crippen molar-refractivity contribution in [3.8, 4) is 0 Å². The fraction of sp³-hybridized carbons (Fsp3) is 0.125. The molecule has 0 unspecified atom stereocenters. The summed E-state index contributed by atoms with van der Waals surface area (Å²) in [5.41, 5.74) is 8.43. The van der Waals surface area contributed by atoms with E-state index in [0.29, 0.717) is 24.2 Å². The number of halogens is 1. The molecule has 21 heavy (non-hydrogen) atoms. The lowest BCUT2D eigenvalue weighted by Crippen LogP contribution is -2.23. The number of hydrogen-bond donors (Lipinski definition) is 1. The molecule has 0 atom stereocenters. The van der Waals surface area contributed by atoms with Crippen LogP contribution in [0.2, 0.25) is 0 Å². The Morgan fingerprint density at radius 2 is 2.00 bits per heavy atom. The number of benzene rings is 2. The van der Waals surface area contributed by atoms with Gasteiger partial charge < -0.3 is 5.73 Å². The molecule has 0 fully saturated rings. The molecule has 0 aliphatic carbocycles. The van der Waals surface area contributed by atoms with Gasteiger partial charge in [0.25, 0.3) is 5.91 Å². The quantitative estimate of drug-likeness (QED) is 0.861. The van der Waals surface area contributed by atoms with Crippen LogP contribution in [0.1, 0.15) is 22.3 Å². The Kier molecular flexibility index (Phi) is 3.39. The molecule has 106 valence electrons. The van der Waals surface area contributed by atoms with Crippen LogP contribution in [-0.2, 0) is 0 Å². The molecule has 0 radical (unpaired) electrons. The SMILES string of the molecule is Nc1cccc(C2=NN(C(=O)c3cccc(F)c3)CC2)c1. The molecule has 1 aliphatic rings. The second-order valence-electron chi connectivity index (χ2n) is 4.86. The average molecular weight is 283 g/mol. The minimum atomic E-state index is -0.430. The van der Waals surface area contributed by atoms with Crippen LogP contribution in [0.4, 0.5) is 10.1 Å². The summed E-state index contributed by atoms with van der Waals surface area (Å²) in [5.74, 6) is -0.728. The van der Waals surface area contributed by atoms with Gasteiger partial charge in [-0.2, -0.15) is 5.10 Å². The highest BCUT2D eigenvalue weighted by molar-refractivity contribution is 6.04. The predicted octanol–water partition coefficient (Wildman–Crippen LogP) is 2.66. The number of carbonyl (C=O) groups is 1. The third kappa shape index (κ3) is 2.76. The molecule has 1 amide bonds. The van der Waals surface area contributed by atoms with Crippen molar-refractivity contribution < 1.29 is 9.18 Å². The van der Waals surface area contributed by atoms with Gasteiger partial charge in [0.05, 0.1) is 12.3 Å². The van der Waals surface area contributed by atoms with Gasteiger partial charge in [0.15, 0.2) is 0 Å². The maximum Gasteiger partial charge on any atom is 0.274 e. The Morgan fingerprint density at radius 3 is 2.76 bits per heavy atom. The highest BCUT2D eigenvalue weighted by Gasteiger charge is 2.22. The van der Waals surface area contributed by atoms with Crippen molar-refractivity contribution in [2.24, 2.45) is 5.10 Å². The lowest BCUT2D eigenvalue weighted by Gasteiger charge is -2.11. The third-order valence-electron chi connectivity index (χ3n) is 3.33. The molecule has 1 heterocycles. The summed E-state index contributed by atoms with van der Waals surface area (Å²) in [6.07, 6.45) is 0.657. The molecule has 4 nitrogen and oxygen atoms in total. The highest BCUT2D eigenvalue weighted by atomic mass is 19.1. The van der Waals surface area contributed by atoms with Crippen molar-refractivity contribution >= 4 is 17.3 Å². The molecule has 2 aromatic rings. The normalized spacial score (nSPS) is 14.1. The lowest BCUT2D eigenvalue weighted by atomic mass is 10.1. The van der Waals surface area contributed by atoms with E-state index in [9.17, 15) is 9.18 Å². The monoisotopic (exact) mass is 283 g/mol. The fourth-order valence-corrected chi connectivity index (χ4v) is 2.30. The molecule has 2 N–H and O–H groups in total. The second-order valence-corrected chi connectivity index (χ2v) is 4.86. The van der Waals surface area contributed by atoms with E-state index in [0.717, 1.165) is 11.3 Å². The van der Waals surface area contributed by atoms with Gasteiger partial charge in [-0.15, -0.1) is 0 Å². The third-order valence-corrected chi connectivity index (χ3v) is 3.33. The smallest absolute Gasteiger partial charge is 0.274 e. The van der Waals surface area contributed by atoms with Gasteiger partial charge in [-0.25, -0.2) is 9.40 Å². The Bertz CT molecular complexity index is 727. The van der Waals surface area contributed by atoms with Crippen LogP contribution in [0.25, 0.3) is 0 Å². The summed E-state index contributed by atoms with van der Waals surface area (Å²) in [6, 6.07) is 13.0. The van der Waals surface area contributed by atoms with Gasteiger partial charge in [-0.05, 0) is 35.9 Å². The summed E-state index contributed by atoms with van der Waals surface area (Å²) in [5, 5.41) is 5.70. The highest BCUT2D eigenvalue weighted by Crippen LogP contribution is 2.18. The van der Waals surface area contributed by atoms with E-state index >= 15 is 0 Å². The molecular formula is C16H14FN3O. The minimum Gasteiger partial charge on any atom is -0.399 e. The van der Waals surface area contributed by atoms with Crippen molar-refractivity contribution in [2.75, 3.05) is 12.3 Å². The predicted molar refractivity (Wildman–Crippen MR) is 79.4 cm³/mol. The van der Waals surface area contributed by atoms with Crippen LogP contribution in [0, 0.1) is 5.82 Å². The standard InChI is InChI=1S/C16H14FN3O/c17-13-5-1-4-12(9-13)16(21)20-8-7-15(19-20)11-3-2-6-14(18)10-11/h1-6,9-10H,7-8,18H2. The molecule has 1 aliphatic heterocycles. The first kappa shape index (κ1) is 13.3. The summed E-state index contributed by atoms with van der Waals surface area (Å²) in [6.45, 7) is 0.486. The number of amides is 1. The Labute approximate surface area is 121 Å². The largest absolute Gasteiger partial charge is 0.399 e. The van der Waals surface area contributed by atoms with Gasteiger partial charge in [0.2, 0.25) is 0 Å². The number of nitrogens with two attached hydrogens (primary N) is 1. The van der Waals surface area contributed by atoms with E-state index in [1.54, 1.807) is 12.1 Å². The first-order valence-electron chi connectivity index (χ1n) is 6.64. The number of nitrogen functional groups attached to an aromatic ring is 1. The van der Waals surface area contributed by atoms with Gasteiger partial charge in [-0.3, -0.25) is 4.79 Å². The fourth-order valence-electron chi connectivity index (χ4n) is 2.30. The summed E-state index contributed by atoms with van der Waals surface area (Å²) >= 11 is 0. The Balaban J connectivity index is 1.84.